The van der Waals surface area contributed by atoms with E-state index in [0.29, 0.717) is 5.92 Å². The van der Waals surface area contributed by atoms with Gasteiger partial charge < -0.3 is 20.1 Å². The van der Waals surface area contributed by atoms with Gasteiger partial charge in [-0.25, -0.2) is 0 Å². The molecule has 0 bridgehead atoms. The third-order valence-corrected chi connectivity index (χ3v) is 4.85. The van der Waals surface area contributed by atoms with Crippen LogP contribution in [0.1, 0.15) is 43.0 Å². The third-order valence-electron chi connectivity index (χ3n) is 4.85. The van der Waals surface area contributed by atoms with Crippen molar-refractivity contribution >= 4 is 23.5 Å². The molecule has 1 aromatic carbocycles. The minimum atomic E-state index is -0.784. The first-order chi connectivity index (χ1) is 13.8. The Hall–Kier alpha value is -3.17. The number of rotatable bonds is 8. The first kappa shape index (κ1) is 22.1. The number of ether oxygens (including phenoxy) is 2. The molecule has 0 spiro atoms. The van der Waals surface area contributed by atoms with Crippen molar-refractivity contribution in [2.75, 3.05) is 20.3 Å². The van der Waals surface area contributed by atoms with Crippen LogP contribution in [0.5, 0.6) is 5.75 Å². The molecule has 1 saturated carbocycles. The number of nitro groups is 1. The minimum absolute atomic E-state index is 0.00525. The lowest BCUT2D eigenvalue weighted by Crippen LogP contribution is -2.43. The molecule has 2 rings (SSSR count). The topological polar surface area (TPSA) is 137 Å². The van der Waals surface area contributed by atoms with Crippen molar-refractivity contribution in [1.29, 1.82) is 0 Å². The molecule has 2 atom stereocenters. The number of benzene rings is 1. The second-order valence-electron chi connectivity index (χ2n) is 6.92. The molecular formula is C19H25N3O7. The maximum absolute atomic E-state index is 12.1. The molecule has 2 N–H and O–H groups in total. The summed E-state index contributed by atoms with van der Waals surface area (Å²) in [6, 6.07) is 3.77. The summed E-state index contributed by atoms with van der Waals surface area (Å²) in [4.78, 5) is 46.1. The van der Waals surface area contributed by atoms with E-state index in [4.69, 9.17) is 9.47 Å². The molecule has 0 aliphatic heterocycles. The van der Waals surface area contributed by atoms with Crippen LogP contribution in [0.15, 0.2) is 18.2 Å². The van der Waals surface area contributed by atoms with E-state index < -0.39 is 30.0 Å². The van der Waals surface area contributed by atoms with E-state index in [-0.39, 0.29) is 28.9 Å². The predicted octanol–water partition coefficient (Wildman–Crippen LogP) is 1.57. The zero-order valence-corrected chi connectivity index (χ0v) is 16.4. The second-order valence-corrected chi connectivity index (χ2v) is 6.92. The van der Waals surface area contributed by atoms with Crippen LogP contribution < -0.4 is 15.4 Å². The van der Waals surface area contributed by atoms with Gasteiger partial charge >= 0.3 is 11.7 Å². The summed E-state index contributed by atoms with van der Waals surface area (Å²) in [7, 11) is 1.28. The van der Waals surface area contributed by atoms with E-state index in [0.717, 1.165) is 31.7 Å². The summed E-state index contributed by atoms with van der Waals surface area (Å²) in [5, 5.41) is 16.2. The number of amides is 2. The smallest absolute Gasteiger partial charge is 0.325 e. The van der Waals surface area contributed by atoms with Crippen molar-refractivity contribution in [2.24, 2.45) is 5.92 Å². The molecule has 0 saturated heterocycles. The molecule has 0 unspecified atom stereocenters. The number of nitrogens with one attached hydrogen (secondary N) is 2. The Bertz CT molecular complexity index is 781. The Balaban J connectivity index is 1.78. The Kier molecular flexibility index (Phi) is 7.93. The minimum Gasteiger partial charge on any atom is -0.490 e. The highest BCUT2D eigenvalue weighted by Crippen LogP contribution is 2.27. The monoisotopic (exact) mass is 407 g/mol. The van der Waals surface area contributed by atoms with E-state index in [2.05, 4.69) is 17.6 Å². The number of nitro benzene ring substituents is 1. The maximum atomic E-state index is 12.1. The van der Waals surface area contributed by atoms with Crippen molar-refractivity contribution in [1.82, 2.24) is 10.6 Å². The van der Waals surface area contributed by atoms with E-state index >= 15 is 0 Å². The van der Waals surface area contributed by atoms with Crippen molar-refractivity contribution in [3.63, 3.8) is 0 Å². The second kappa shape index (κ2) is 10.4. The predicted molar refractivity (Wildman–Crippen MR) is 103 cm³/mol. The van der Waals surface area contributed by atoms with Crippen molar-refractivity contribution in [3.8, 4) is 5.75 Å². The zero-order chi connectivity index (χ0) is 21.4. The van der Waals surface area contributed by atoms with Gasteiger partial charge in [0.2, 0.25) is 0 Å². The van der Waals surface area contributed by atoms with Gasteiger partial charge in [0.25, 0.3) is 11.8 Å². The van der Waals surface area contributed by atoms with Crippen LogP contribution in [0.3, 0.4) is 0 Å². The van der Waals surface area contributed by atoms with E-state index in [1.807, 2.05) is 0 Å². The fourth-order valence-electron chi connectivity index (χ4n) is 3.20. The molecule has 2 amide bonds. The summed E-state index contributed by atoms with van der Waals surface area (Å²) in [5.41, 5.74) is -0.370. The molecule has 1 aliphatic carbocycles. The van der Waals surface area contributed by atoms with Crippen molar-refractivity contribution < 1.29 is 28.8 Å². The highest BCUT2D eigenvalue weighted by molar-refractivity contribution is 5.96. The lowest BCUT2D eigenvalue weighted by atomic mass is 9.86. The lowest BCUT2D eigenvalue weighted by molar-refractivity contribution is -0.385. The van der Waals surface area contributed by atoms with Gasteiger partial charge in [-0.2, -0.15) is 0 Å². The number of carbonyl (C=O) groups excluding carboxylic acids is 3. The average Bonchev–Trinajstić information content (AvgIpc) is 2.71. The van der Waals surface area contributed by atoms with Gasteiger partial charge in [0.05, 0.1) is 12.0 Å². The first-order valence-electron chi connectivity index (χ1n) is 9.37. The number of hydrogen-bond donors (Lipinski definition) is 2. The number of esters is 1. The average molecular weight is 407 g/mol. The third kappa shape index (κ3) is 6.44. The van der Waals surface area contributed by atoms with Gasteiger partial charge in [0.15, 0.2) is 12.4 Å². The molecule has 0 heterocycles. The van der Waals surface area contributed by atoms with Crippen LogP contribution in [0, 0.1) is 16.0 Å². The van der Waals surface area contributed by atoms with Crippen LogP contribution in [0.25, 0.3) is 0 Å². The van der Waals surface area contributed by atoms with Gasteiger partial charge in [-0.15, -0.1) is 0 Å². The van der Waals surface area contributed by atoms with Crippen molar-refractivity contribution in [3.05, 3.63) is 33.9 Å². The van der Waals surface area contributed by atoms with Gasteiger partial charge in [-0.1, -0.05) is 19.8 Å². The SMILES string of the molecule is COc1ccc(C(=O)NCC(=O)OCC(=O)N[C@@H]2CCCC[C@@H]2C)cc1[N+](=O)[O-]. The molecule has 1 fully saturated rings. The van der Waals surface area contributed by atoms with Crippen LogP contribution in [0.4, 0.5) is 5.69 Å². The summed E-state index contributed by atoms with van der Waals surface area (Å²) in [6.07, 6.45) is 4.18. The molecule has 29 heavy (non-hydrogen) atoms. The van der Waals surface area contributed by atoms with Crippen LogP contribution in [0.2, 0.25) is 0 Å². The maximum Gasteiger partial charge on any atom is 0.325 e. The van der Waals surface area contributed by atoms with Gasteiger partial charge in [-0.05, 0) is 30.9 Å². The molecule has 10 heteroatoms. The van der Waals surface area contributed by atoms with Crippen LogP contribution in [-0.2, 0) is 14.3 Å². The summed E-state index contributed by atoms with van der Waals surface area (Å²) in [6.45, 7) is 1.19. The summed E-state index contributed by atoms with van der Waals surface area (Å²) < 4.78 is 9.74. The zero-order valence-electron chi connectivity index (χ0n) is 16.4. The molecule has 158 valence electrons. The Morgan fingerprint density at radius 3 is 2.62 bits per heavy atom. The molecular weight excluding hydrogens is 382 g/mol. The number of methoxy groups -OCH3 is 1. The Morgan fingerprint density at radius 2 is 1.97 bits per heavy atom. The first-order valence-corrected chi connectivity index (χ1v) is 9.37. The fourth-order valence-corrected chi connectivity index (χ4v) is 3.20. The van der Waals surface area contributed by atoms with Crippen LogP contribution >= 0.6 is 0 Å². The molecule has 1 aliphatic rings. The summed E-state index contributed by atoms with van der Waals surface area (Å²) >= 11 is 0. The molecule has 0 radical (unpaired) electrons. The number of carbonyl (C=O) groups is 3. The van der Waals surface area contributed by atoms with E-state index in [1.54, 1.807) is 0 Å². The molecule has 10 nitrogen and oxygen atoms in total. The van der Waals surface area contributed by atoms with E-state index in [9.17, 15) is 24.5 Å². The Morgan fingerprint density at radius 1 is 1.24 bits per heavy atom. The van der Waals surface area contributed by atoms with Crippen molar-refractivity contribution in [2.45, 2.75) is 38.6 Å². The van der Waals surface area contributed by atoms with Gasteiger partial charge in [0.1, 0.15) is 6.54 Å². The number of nitrogens with zero attached hydrogens (tertiary/aromatic N) is 1. The highest BCUT2D eigenvalue weighted by atomic mass is 16.6. The lowest BCUT2D eigenvalue weighted by Gasteiger charge is -2.29. The normalized spacial score (nSPS) is 18.4. The highest BCUT2D eigenvalue weighted by Gasteiger charge is 2.23. The Labute approximate surface area is 168 Å². The standard InChI is InChI=1S/C19H25N3O7/c1-12-5-3-4-6-14(12)21-17(23)11-29-18(24)10-20-19(25)13-7-8-16(28-2)15(9-13)22(26)27/h7-9,12,14H,3-6,10-11H2,1-2H3,(H,20,25)(H,21,23)/t12-,14+/m0/s1. The van der Waals surface area contributed by atoms with Gasteiger partial charge in [-0.3, -0.25) is 24.5 Å². The molecule has 1 aromatic rings. The van der Waals surface area contributed by atoms with E-state index in [1.165, 1.54) is 19.2 Å². The molecule has 0 aromatic heterocycles. The van der Waals surface area contributed by atoms with Crippen LogP contribution in [-0.4, -0.2) is 49.0 Å². The quantitative estimate of drug-likeness (QED) is 0.379. The largest absolute Gasteiger partial charge is 0.490 e. The summed E-state index contributed by atoms with van der Waals surface area (Å²) in [5.74, 6) is -1.45. The van der Waals surface area contributed by atoms with Gasteiger partial charge in [0, 0.05) is 17.7 Å². The number of hydrogen-bond acceptors (Lipinski definition) is 7. The fraction of sp³-hybridized carbons (Fsp3) is 0.526.